The zero-order valence-electron chi connectivity index (χ0n) is 24.1. The van der Waals surface area contributed by atoms with Crippen molar-refractivity contribution in [2.24, 2.45) is 5.41 Å². The van der Waals surface area contributed by atoms with Gasteiger partial charge in [0.1, 0.15) is 5.75 Å². The number of carbonyl (C=O) groups excluding carboxylic acids is 2. The Balaban J connectivity index is 2.42. The van der Waals surface area contributed by atoms with Gasteiger partial charge in [-0.1, -0.05) is 57.4 Å². The second-order valence-corrected chi connectivity index (χ2v) is 10.9. The maximum absolute atomic E-state index is 13.9. The van der Waals surface area contributed by atoms with Gasteiger partial charge < -0.3 is 19.4 Å². The number of amides is 2. The van der Waals surface area contributed by atoms with Crippen molar-refractivity contribution < 1.29 is 29.0 Å². The topological polar surface area (TPSA) is 108 Å². The van der Waals surface area contributed by atoms with Crippen LogP contribution in [0.4, 0.5) is 0 Å². The van der Waals surface area contributed by atoms with Crippen molar-refractivity contribution in [3.8, 4) is 5.75 Å². The second-order valence-electron chi connectivity index (χ2n) is 10.9. The van der Waals surface area contributed by atoms with E-state index in [1.165, 1.54) is 5.01 Å². The van der Waals surface area contributed by atoms with Gasteiger partial charge in [-0.2, -0.15) is 0 Å². The largest absolute Gasteiger partial charge is 0.633 e. The molecule has 0 heterocycles. The Morgan fingerprint density at radius 3 is 2.24 bits per heavy atom. The number of nitrogens with zero attached hydrogens (tertiary/aromatic N) is 1. The Morgan fingerprint density at radius 1 is 1.08 bits per heavy atom. The molecule has 2 rings (SSSR count). The zero-order chi connectivity index (χ0) is 28.6. The second kappa shape index (κ2) is 13.8. The van der Waals surface area contributed by atoms with Crippen LogP contribution >= 0.6 is 0 Å². The van der Waals surface area contributed by atoms with E-state index in [4.69, 9.17) is 19.4 Å². The van der Waals surface area contributed by atoms with E-state index in [-0.39, 0.29) is 29.9 Å². The lowest BCUT2D eigenvalue weighted by Gasteiger charge is -2.40. The Hall–Kier alpha value is -2.88. The number of carbonyl (C=O) groups is 2. The van der Waals surface area contributed by atoms with Crippen molar-refractivity contribution in [3.05, 3.63) is 63.7 Å². The lowest BCUT2D eigenvalue weighted by molar-refractivity contribution is 0.0270. The normalized spacial score (nSPS) is 12.2. The molecule has 38 heavy (non-hydrogen) atoms. The smallest absolute Gasteiger partial charge is 0.496 e. The third kappa shape index (κ3) is 8.31. The number of aryl methyl sites for hydroxylation is 3. The van der Waals surface area contributed by atoms with Crippen molar-refractivity contribution in [3.63, 3.8) is 0 Å². The van der Waals surface area contributed by atoms with Crippen molar-refractivity contribution in [1.29, 1.82) is 0 Å². The SMILES string of the molecule is CCC[C@@H](N(NC(=O)c1ccc(CCCOB(O)O)c(OC)c1C)C(=O)c1cc(C)cc(C)c1)C(C)(C)C. The van der Waals surface area contributed by atoms with E-state index < -0.39 is 7.32 Å². The van der Waals surface area contributed by atoms with Crippen LogP contribution in [0.5, 0.6) is 5.75 Å². The van der Waals surface area contributed by atoms with Gasteiger partial charge in [-0.05, 0) is 69.2 Å². The number of ether oxygens (including phenoxy) is 1. The molecule has 0 bridgehead atoms. The van der Waals surface area contributed by atoms with Gasteiger partial charge in [0.25, 0.3) is 11.8 Å². The van der Waals surface area contributed by atoms with Crippen molar-refractivity contribution in [1.82, 2.24) is 10.4 Å². The monoisotopic (exact) mass is 526 g/mol. The number of hydrogen-bond acceptors (Lipinski definition) is 6. The minimum absolute atomic E-state index is 0.170. The van der Waals surface area contributed by atoms with Crippen LogP contribution in [0.2, 0.25) is 0 Å². The Morgan fingerprint density at radius 2 is 1.71 bits per heavy atom. The molecule has 0 aliphatic carbocycles. The summed E-state index contributed by atoms with van der Waals surface area (Å²) in [6, 6.07) is 9.04. The molecule has 9 heteroatoms. The molecule has 0 saturated heterocycles. The molecule has 0 aliphatic rings. The summed E-state index contributed by atoms with van der Waals surface area (Å²) >= 11 is 0. The summed E-state index contributed by atoms with van der Waals surface area (Å²) < 4.78 is 10.4. The molecule has 0 radical (unpaired) electrons. The first-order valence-corrected chi connectivity index (χ1v) is 13.2. The van der Waals surface area contributed by atoms with Crippen molar-refractivity contribution in [2.75, 3.05) is 13.7 Å². The fourth-order valence-electron chi connectivity index (χ4n) is 4.83. The lowest BCUT2D eigenvalue weighted by Crippen LogP contribution is -2.56. The Bertz CT molecular complexity index is 1090. The highest BCUT2D eigenvalue weighted by Crippen LogP contribution is 2.31. The quantitative estimate of drug-likeness (QED) is 0.225. The highest BCUT2D eigenvalue weighted by atomic mass is 16.6. The molecule has 2 amide bonds. The minimum atomic E-state index is -1.80. The van der Waals surface area contributed by atoms with Crippen LogP contribution in [0.25, 0.3) is 0 Å². The fraction of sp³-hybridized carbons (Fsp3) is 0.517. The number of rotatable bonds is 11. The Labute approximate surface area is 227 Å². The van der Waals surface area contributed by atoms with Crippen LogP contribution in [0.15, 0.2) is 30.3 Å². The summed E-state index contributed by atoms with van der Waals surface area (Å²) in [5.41, 5.74) is 7.12. The summed E-state index contributed by atoms with van der Waals surface area (Å²) in [5.74, 6) is -0.0525. The van der Waals surface area contributed by atoms with Gasteiger partial charge in [0, 0.05) is 23.3 Å². The fourth-order valence-corrected chi connectivity index (χ4v) is 4.83. The molecule has 0 spiro atoms. The van der Waals surface area contributed by atoms with Gasteiger partial charge in [-0.25, -0.2) is 5.01 Å². The number of hydrogen-bond donors (Lipinski definition) is 3. The van der Waals surface area contributed by atoms with Crippen LogP contribution in [0, 0.1) is 26.2 Å². The highest BCUT2D eigenvalue weighted by Gasteiger charge is 2.35. The van der Waals surface area contributed by atoms with Gasteiger partial charge in [-0.3, -0.25) is 15.0 Å². The minimum Gasteiger partial charge on any atom is -0.496 e. The van der Waals surface area contributed by atoms with Gasteiger partial charge >= 0.3 is 7.32 Å². The first-order chi connectivity index (χ1) is 17.8. The molecule has 1 atom stereocenters. The number of benzene rings is 2. The standard InChI is InChI=1S/C29H43BN2O6/c1-9-11-25(29(5,6)7)32(28(34)23-17-19(2)16-20(3)18-23)31-27(33)24-14-13-22(26(37-8)21(24)4)12-10-15-38-30(35)36/h13-14,16-18,25,35-36H,9-12,15H2,1-8H3,(H,31,33)/t25-/m1/s1. The van der Waals surface area contributed by atoms with Crippen LogP contribution in [0.1, 0.15) is 89.9 Å². The van der Waals surface area contributed by atoms with E-state index in [1.807, 2.05) is 45.0 Å². The molecular weight excluding hydrogens is 483 g/mol. The molecule has 0 saturated carbocycles. The summed E-state index contributed by atoms with van der Waals surface area (Å²) in [7, 11) is -0.252. The Kier molecular flexibility index (Phi) is 11.4. The predicted molar refractivity (Wildman–Crippen MR) is 150 cm³/mol. The number of nitrogens with one attached hydrogen (secondary N) is 1. The van der Waals surface area contributed by atoms with Crippen LogP contribution < -0.4 is 10.2 Å². The number of hydrazine groups is 1. The van der Waals surface area contributed by atoms with Crippen molar-refractivity contribution >= 4 is 19.1 Å². The summed E-state index contributed by atoms with van der Waals surface area (Å²) in [4.78, 5) is 27.5. The molecule has 0 unspecified atom stereocenters. The summed E-state index contributed by atoms with van der Waals surface area (Å²) in [6.07, 6.45) is 2.69. The summed E-state index contributed by atoms with van der Waals surface area (Å²) in [5, 5.41) is 19.2. The molecule has 0 aromatic heterocycles. The van der Waals surface area contributed by atoms with Gasteiger partial charge in [-0.15, -0.1) is 0 Å². The molecule has 8 nitrogen and oxygen atoms in total. The molecule has 208 valence electrons. The van der Waals surface area contributed by atoms with E-state index in [2.05, 4.69) is 33.1 Å². The van der Waals surface area contributed by atoms with Gasteiger partial charge in [0.2, 0.25) is 0 Å². The van der Waals surface area contributed by atoms with Crippen LogP contribution in [-0.2, 0) is 11.1 Å². The molecule has 2 aromatic rings. The first-order valence-electron chi connectivity index (χ1n) is 13.2. The maximum Gasteiger partial charge on any atom is 0.633 e. The highest BCUT2D eigenvalue weighted by molar-refractivity contribution is 6.32. The molecular formula is C29H43BN2O6. The van der Waals surface area contributed by atoms with E-state index in [9.17, 15) is 9.59 Å². The zero-order valence-corrected chi connectivity index (χ0v) is 24.1. The van der Waals surface area contributed by atoms with E-state index in [0.717, 1.165) is 29.5 Å². The third-order valence-corrected chi connectivity index (χ3v) is 6.58. The number of methoxy groups -OCH3 is 1. The summed E-state index contributed by atoms with van der Waals surface area (Å²) in [6.45, 7) is 14.2. The van der Waals surface area contributed by atoms with Crippen molar-refractivity contribution in [2.45, 2.75) is 80.2 Å². The van der Waals surface area contributed by atoms with Crippen LogP contribution in [-0.4, -0.2) is 54.0 Å². The maximum atomic E-state index is 13.9. The van der Waals surface area contributed by atoms with E-state index >= 15 is 0 Å². The molecule has 2 aromatic carbocycles. The van der Waals surface area contributed by atoms with E-state index in [0.29, 0.717) is 35.3 Å². The van der Waals surface area contributed by atoms with Crippen LogP contribution in [0.3, 0.4) is 0 Å². The predicted octanol–water partition coefficient (Wildman–Crippen LogP) is 4.54. The molecule has 0 fully saturated rings. The average Bonchev–Trinajstić information content (AvgIpc) is 2.82. The molecule has 0 aliphatic heterocycles. The average molecular weight is 526 g/mol. The lowest BCUT2D eigenvalue weighted by atomic mass is 9.83. The van der Waals surface area contributed by atoms with E-state index in [1.54, 1.807) is 13.2 Å². The first kappa shape index (κ1) is 31.3. The third-order valence-electron chi connectivity index (χ3n) is 6.58. The molecule has 3 N–H and O–H groups in total. The van der Waals surface area contributed by atoms with Gasteiger partial charge in [0.05, 0.1) is 13.2 Å². The van der Waals surface area contributed by atoms with Gasteiger partial charge in [0.15, 0.2) is 0 Å².